The standard InChI is InChI=1S/C12H16FN3O2/c1-16(8-2-3-8)7-6-15-11-10(13)9(12(17)18)4-5-14-11/h4-5,8H,2-3,6-7H2,1H3,(H,14,15)(H,17,18). The fourth-order valence-corrected chi connectivity index (χ4v) is 1.78. The Morgan fingerprint density at radius 3 is 3.00 bits per heavy atom. The first-order chi connectivity index (χ1) is 8.59. The van der Waals surface area contributed by atoms with Crippen molar-refractivity contribution in [2.75, 3.05) is 25.5 Å². The number of carboxylic acid groups (broad SMARTS) is 1. The van der Waals surface area contributed by atoms with Gasteiger partial charge in [-0.1, -0.05) is 0 Å². The number of carboxylic acids is 1. The highest BCUT2D eigenvalue weighted by Crippen LogP contribution is 2.24. The Morgan fingerprint density at radius 2 is 2.39 bits per heavy atom. The highest BCUT2D eigenvalue weighted by atomic mass is 19.1. The molecule has 2 N–H and O–H groups in total. The van der Waals surface area contributed by atoms with Crippen molar-refractivity contribution in [3.05, 3.63) is 23.6 Å². The maximum atomic E-state index is 13.7. The highest BCUT2D eigenvalue weighted by molar-refractivity contribution is 5.88. The minimum absolute atomic E-state index is 0.000836. The molecule has 2 rings (SSSR count). The number of hydrogen-bond acceptors (Lipinski definition) is 4. The second kappa shape index (κ2) is 5.30. The van der Waals surface area contributed by atoms with E-state index < -0.39 is 11.8 Å². The molecule has 1 fully saturated rings. The lowest BCUT2D eigenvalue weighted by Gasteiger charge is -2.16. The number of anilines is 1. The fourth-order valence-electron chi connectivity index (χ4n) is 1.78. The number of aromatic carboxylic acids is 1. The first-order valence-electron chi connectivity index (χ1n) is 5.91. The van der Waals surface area contributed by atoms with E-state index in [1.807, 2.05) is 7.05 Å². The van der Waals surface area contributed by atoms with Crippen LogP contribution in [0.3, 0.4) is 0 Å². The number of nitrogens with zero attached hydrogens (tertiary/aromatic N) is 2. The van der Waals surface area contributed by atoms with Gasteiger partial charge in [-0.15, -0.1) is 0 Å². The van der Waals surface area contributed by atoms with Gasteiger partial charge in [-0.25, -0.2) is 14.2 Å². The van der Waals surface area contributed by atoms with Crippen molar-refractivity contribution in [2.45, 2.75) is 18.9 Å². The Hall–Kier alpha value is -1.69. The molecule has 1 aliphatic carbocycles. The van der Waals surface area contributed by atoms with Crippen molar-refractivity contribution in [1.82, 2.24) is 9.88 Å². The zero-order chi connectivity index (χ0) is 13.1. The summed E-state index contributed by atoms with van der Waals surface area (Å²) in [5.41, 5.74) is -0.358. The van der Waals surface area contributed by atoms with Gasteiger partial charge in [-0.05, 0) is 26.0 Å². The molecule has 0 unspecified atom stereocenters. The van der Waals surface area contributed by atoms with Gasteiger partial charge in [0.25, 0.3) is 0 Å². The van der Waals surface area contributed by atoms with Crippen molar-refractivity contribution >= 4 is 11.8 Å². The van der Waals surface area contributed by atoms with Crippen LogP contribution in [0, 0.1) is 5.82 Å². The van der Waals surface area contributed by atoms with Crippen LogP contribution in [0.25, 0.3) is 0 Å². The van der Waals surface area contributed by atoms with Crippen molar-refractivity contribution < 1.29 is 14.3 Å². The summed E-state index contributed by atoms with van der Waals surface area (Å²) < 4.78 is 13.7. The van der Waals surface area contributed by atoms with E-state index in [1.54, 1.807) is 0 Å². The molecular weight excluding hydrogens is 237 g/mol. The molecule has 98 valence electrons. The Labute approximate surface area is 105 Å². The summed E-state index contributed by atoms with van der Waals surface area (Å²) in [5.74, 6) is -2.09. The van der Waals surface area contributed by atoms with Gasteiger partial charge in [-0.2, -0.15) is 0 Å². The fraction of sp³-hybridized carbons (Fsp3) is 0.500. The molecular formula is C12H16FN3O2. The average molecular weight is 253 g/mol. The Morgan fingerprint density at radius 1 is 1.67 bits per heavy atom. The number of pyridine rings is 1. The molecule has 1 aliphatic rings. The molecule has 1 aromatic heterocycles. The minimum atomic E-state index is -1.28. The van der Waals surface area contributed by atoms with Gasteiger partial charge in [0.1, 0.15) is 5.56 Å². The van der Waals surface area contributed by atoms with Gasteiger partial charge in [0.05, 0.1) is 0 Å². The number of aromatic nitrogens is 1. The van der Waals surface area contributed by atoms with Crippen LogP contribution in [0.1, 0.15) is 23.2 Å². The van der Waals surface area contributed by atoms with E-state index in [2.05, 4.69) is 15.2 Å². The van der Waals surface area contributed by atoms with E-state index in [-0.39, 0.29) is 11.4 Å². The summed E-state index contributed by atoms with van der Waals surface area (Å²) in [6, 6.07) is 1.80. The van der Waals surface area contributed by atoms with E-state index in [4.69, 9.17) is 5.11 Å². The Bertz CT molecular complexity index is 449. The van der Waals surface area contributed by atoms with Crippen LogP contribution in [-0.4, -0.2) is 47.1 Å². The maximum absolute atomic E-state index is 13.7. The molecule has 0 radical (unpaired) electrons. The lowest BCUT2D eigenvalue weighted by molar-refractivity contribution is 0.0692. The maximum Gasteiger partial charge on any atom is 0.338 e. The van der Waals surface area contributed by atoms with Crippen LogP contribution in [0.4, 0.5) is 10.2 Å². The second-order valence-corrected chi connectivity index (χ2v) is 4.46. The van der Waals surface area contributed by atoms with Gasteiger partial charge in [0, 0.05) is 25.3 Å². The SMILES string of the molecule is CN(CCNc1nccc(C(=O)O)c1F)C1CC1. The predicted molar refractivity (Wildman–Crippen MR) is 65.3 cm³/mol. The summed E-state index contributed by atoms with van der Waals surface area (Å²) in [5, 5.41) is 11.6. The molecule has 0 bridgehead atoms. The van der Waals surface area contributed by atoms with Crippen LogP contribution in [0.2, 0.25) is 0 Å². The van der Waals surface area contributed by atoms with Gasteiger partial charge in [0.15, 0.2) is 11.6 Å². The third-order valence-electron chi connectivity index (χ3n) is 3.05. The molecule has 5 nitrogen and oxygen atoms in total. The third kappa shape index (κ3) is 2.95. The summed E-state index contributed by atoms with van der Waals surface area (Å²) in [6.07, 6.45) is 3.73. The Kier molecular flexibility index (Phi) is 3.76. The summed E-state index contributed by atoms with van der Waals surface area (Å²) in [4.78, 5) is 16.8. The number of hydrogen-bond donors (Lipinski definition) is 2. The van der Waals surface area contributed by atoms with Gasteiger partial charge >= 0.3 is 5.97 Å². The zero-order valence-electron chi connectivity index (χ0n) is 10.2. The first-order valence-corrected chi connectivity index (χ1v) is 5.91. The molecule has 0 saturated heterocycles. The summed E-state index contributed by atoms with van der Waals surface area (Å²) in [6.45, 7) is 1.32. The van der Waals surface area contributed by atoms with E-state index in [1.165, 1.54) is 19.0 Å². The molecule has 6 heteroatoms. The van der Waals surface area contributed by atoms with Gasteiger partial charge in [0.2, 0.25) is 0 Å². The van der Waals surface area contributed by atoms with Gasteiger partial charge < -0.3 is 15.3 Å². The molecule has 0 spiro atoms. The topological polar surface area (TPSA) is 65.5 Å². The number of nitrogens with one attached hydrogen (secondary N) is 1. The Balaban J connectivity index is 1.92. The largest absolute Gasteiger partial charge is 0.478 e. The van der Waals surface area contributed by atoms with Crippen molar-refractivity contribution in [3.63, 3.8) is 0 Å². The molecule has 0 atom stereocenters. The monoisotopic (exact) mass is 253 g/mol. The zero-order valence-corrected chi connectivity index (χ0v) is 10.2. The van der Waals surface area contributed by atoms with Crippen molar-refractivity contribution in [1.29, 1.82) is 0 Å². The van der Waals surface area contributed by atoms with Crippen LogP contribution in [-0.2, 0) is 0 Å². The van der Waals surface area contributed by atoms with Crippen LogP contribution < -0.4 is 5.32 Å². The molecule has 0 aliphatic heterocycles. The molecule has 0 amide bonds. The second-order valence-electron chi connectivity index (χ2n) is 4.46. The van der Waals surface area contributed by atoms with Crippen molar-refractivity contribution in [2.24, 2.45) is 0 Å². The molecule has 18 heavy (non-hydrogen) atoms. The highest BCUT2D eigenvalue weighted by Gasteiger charge is 2.25. The number of rotatable bonds is 6. The van der Waals surface area contributed by atoms with E-state index in [0.717, 1.165) is 12.6 Å². The van der Waals surface area contributed by atoms with Crippen LogP contribution >= 0.6 is 0 Å². The summed E-state index contributed by atoms with van der Waals surface area (Å²) in [7, 11) is 2.02. The van der Waals surface area contributed by atoms with E-state index in [9.17, 15) is 9.18 Å². The lowest BCUT2D eigenvalue weighted by Crippen LogP contribution is -2.27. The van der Waals surface area contributed by atoms with E-state index >= 15 is 0 Å². The van der Waals surface area contributed by atoms with Crippen LogP contribution in [0.5, 0.6) is 0 Å². The smallest absolute Gasteiger partial charge is 0.338 e. The quantitative estimate of drug-likeness (QED) is 0.802. The first kappa shape index (κ1) is 12.8. The normalized spacial score (nSPS) is 14.8. The van der Waals surface area contributed by atoms with Gasteiger partial charge in [-0.3, -0.25) is 0 Å². The lowest BCUT2D eigenvalue weighted by atomic mass is 10.2. The number of carbonyl (C=O) groups is 1. The third-order valence-corrected chi connectivity index (χ3v) is 3.05. The molecule has 1 aromatic rings. The predicted octanol–water partition coefficient (Wildman–Crippen LogP) is 1.43. The molecule has 1 saturated carbocycles. The minimum Gasteiger partial charge on any atom is -0.478 e. The average Bonchev–Trinajstić information content (AvgIpc) is 3.14. The molecule has 1 heterocycles. The summed E-state index contributed by atoms with van der Waals surface area (Å²) >= 11 is 0. The van der Waals surface area contributed by atoms with Crippen molar-refractivity contribution in [3.8, 4) is 0 Å². The molecule has 0 aromatic carbocycles. The van der Waals surface area contributed by atoms with E-state index in [0.29, 0.717) is 12.6 Å². The number of halogens is 1. The number of likely N-dealkylation sites (N-methyl/N-ethyl adjacent to an activating group) is 1. The van der Waals surface area contributed by atoms with Crippen LogP contribution in [0.15, 0.2) is 12.3 Å².